The monoisotopic (exact) mass is 397 g/mol. The van der Waals surface area contributed by atoms with E-state index in [4.69, 9.17) is 11.6 Å². The Kier molecular flexibility index (Phi) is 6.98. The fraction of sp³-hybridized carbons (Fsp3) is 0.267. The summed E-state index contributed by atoms with van der Waals surface area (Å²) in [6, 6.07) is 5.49. The Morgan fingerprint density at radius 3 is 2.81 bits per heavy atom. The van der Waals surface area contributed by atoms with Crippen LogP contribution in [0.2, 0.25) is 5.02 Å². The van der Waals surface area contributed by atoms with Gasteiger partial charge in [-0.15, -0.1) is 0 Å². The van der Waals surface area contributed by atoms with E-state index in [-0.39, 0.29) is 27.9 Å². The zero-order valence-corrected chi connectivity index (χ0v) is 15.3. The number of aromatic amines is 1. The number of aromatic nitrogens is 2. The number of carbonyl (C=O) groups is 1. The van der Waals surface area contributed by atoms with Crippen LogP contribution >= 0.6 is 23.4 Å². The van der Waals surface area contributed by atoms with Gasteiger partial charge in [-0.25, -0.2) is 4.98 Å². The first-order chi connectivity index (χ1) is 12.3. The van der Waals surface area contributed by atoms with Gasteiger partial charge >= 0.3 is 0 Å². The Balaban J connectivity index is 1.73. The molecule has 0 saturated carbocycles. The average Bonchev–Trinajstić information content (AvgIpc) is 2.57. The number of thioether (sulfide) groups is 1. The number of nitro groups is 1. The minimum absolute atomic E-state index is 0.0892. The molecule has 0 atom stereocenters. The fourth-order valence-corrected chi connectivity index (χ4v) is 2.96. The molecule has 0 fully saturated rings. The van der Waals surface area contributed by atoms with Crippen molar-refractivity contribution in [3.8, 4) is 0 Å². The number of hydrogen-bond donors (Lipinski definition) is 3. The highest BCUT2D eigenvalue weighted by Crippen LogP contribution is 2.26. The summed E-state index contributed by atoms with van der Waals surface area (Å²) in [6.07, 6.45) is 0. The summed E-state index contributed by atoms with van der Waals surface area (Å²) < 4.78 is 0. The van der Waals surface area contributed by atoms with Gasteiger partial charge in [0.2, 0.25) is 5.91 Å². The van der Waals surface area contributed by atoms with E-state index in [1.54, 1.807) is 6.92 Å². The van der Waals surface area contributed by atoms with Gasteiger partial charge in [0, 0.05) is 37.0 Å². The third-order valence-electron chi connectivity index (χ3n) is 3.11. The molecule has 0 unspecified atom stereocenters. The summed E-state index contributed by atoms with van der Waals surface area (Å²) in [5, 5.41) is 17.0. The predicted molar refractivity (Wildman–Crippen MR) is 99.9 cm³/mol. The molecular formula is C15H16ClN5O4S. The lowest BCUT2D eigenvalue weighted by molar-refractivity contribution is -0.384. The third-order valence-corrected chi connectivity index (χ3v) is 4.30. The highest BCUT2D eigenvalue weighted by molar-refractivity contribution is 7.99. The molecular weight excluding hydrogens is 382 g/mol. The molecule has 0 radical (unpaired) electrons. The Morgan fingerprint density at radius 1 is 1.38 bits per heavy atom. The number of halogens is 1. The molecule has 1 amide bonds. The fourth-order valence-electron chi connectivity index (χ4n) is 1.96. The van der Waals surface area contributed by atoms with Crippen molar-refractivity contribution in [2.45, 2.75) is 12.1 Å². The minimum atomic E-state index is -0.524. The average molecular weight is 398 g/mol. The molecule has 0 saturated heterocycles. The van der Waals surface area contributed by atoms with Crippen LogP contribution in [0.3, 0.4) is 0 Å². The predicted octanol–water partition coefficient (Wildman–Crippen LogP) is 1.96. The zero-order valence-electron chi connectivity index (χ0n) is 13.7. The molecule has 0 aliphatic carbocycles. The SMILES string of the molecule is Cc1cc(=O)[nH]c(SCC(=O)NCCNc2ccc([N+](=O)[O-])cc2Cl)n1. The standard InChI is InChI=1S/C15H16ClN5O4S/c1-9-6-13(22)20-15(19-9)26-8-14(23)18-5-4-17-12-3-2-10(21(24)25)7-11(12)16/h2-3,6-7,17H,4-5,8H2,1H3,(H,18,23)(H,19,20,22). The molecule has 26 heavy (non-hydrogen) atoms. The Morgan fingerprint density at radius 2 is 2.15 bits per heavy atom. The number of nitrogens with zero attached hydrogens (tertiary/aromatic N) is 2. The van der Waals surface area contributed by atoms with Crippen molar-refractivity contribution in [3.05, 3.63) is 55.5 Å². The maximum absolute atomic E-state index is 11.8. The first-order valence-corrected chi connectivity index (χ1v) is 8.87. The Bertz CT molecular complexity index is 873. The summed E-state index contributed by atoms with van der Waals surface area (Å²) in [7, 11) is 0. The summed E-state index contributed by atoms with van der Waals surface area (Å²) >= 11 is 7.10. The molecule has 0 spiro atoms. The van der Waals surface area contributed by atoms with E-state index in [1.165, 1.54) is 24.3 Å². The van der Waals surface area contributed by atoms with Crippen molar-refractivity contribution in [1.29, 1.82) is 0 Å². The maximum Gasteiger partial charge on any atom is 0.271 e. The van der Waals surface area contributed by atoms with E-state index in [0.29, 0.717) is 29.6 Å². The summed E-state index contributed by atoms with van der Waals surface area (Å²) in [5.41, 5.74) is 0.779. The van der Waals surface area contributed by atoms with Gasteiger partial charge in [-0.1, -0.05) is 23.4 Å². The van der Waals surface area contributed by atoms with Gasteiger partial charge < -0.3 is 15.6 Å². The zero-order chi connectivity index (χ0) is 19.1. The second kappa shape index (κ2) is 9.20. The second-order valence-electron chi connectivity index (χ2n) is 5.18. The number of benzene rings is 1. The van der Waals surface area contributed by atoms with Gasteiger partial charge in [-0.3, -0.25) is 19.7 Å². The van der Waals surface area contributed by atoms with Crippen LogP contribution < -0.4 is 16.2 Å². The normalized spacial score (nSPS) is 10.4. The van der Waals surface area contributed by atoms with Gasteiger partial charge in [0.25, 0.3) is 11.2 Å². The quantitative estimate of drug-likeness (QED) is 0.204. The molecule has 1 heterocycles. The number of amides is 1. The van der Waals surface area contributed by atoms with Gasteiger partial charge in [0.15, 0.2) is 5.16 Å². The second-order valence-corrected chi connectivity index (χ2v) is 6.55. The number of H-pyrrole nitrogens is 1. The van der Waals surface area contributed by atoms with E-state index in [1.807, 2.05) is 0 Å². The van der Waals surface area contributed by atoms with Gasteiger partial charge in [-0.2, -0.15) is 0 Å². The molecule has 1 aromatic carbocycles. The number of non-ortho nitro benzene ring substituents is 1. The van der Waals surface area contributed by atoms with Crippen LogP contribution in [0.25, 0.3) is 0 Å². The van der Waals surface area contributed by atoms with Gasteiger partial charge in [0.1, 0.15) is 0 Å². The van der Waals surface area contributed by atoms with E-state index in [9.17, 15) is 19.7 Å². The summed E-state index contributed by atoms with van der Waals surface area (Å²) in [5.74, 6) is -0.0965. The minimum Gasteiger partial charge on any atom is -0.382 e. The molecule has 1 aromatic heterocycles. The van der Waals surface area contributed by atoms with E-state index in [2.05, 4.69) is 20.6 Å². The van der Waals surface area contributed by atoms with Crippen LogP contribution in [0.1, 0.15) is 5.69 Å². The first kappa shape index (κ1) is 19.7. The van der Waals surface area contributed by atoms with Gasteiger partial charge in [-0.05, 0) is 13.0 Å². The van der Waals surface area contributed by atoms with Crippen molar-refractivity contribution in [2.24, 2.45) is 0 Å². The van der Waals surface area contributed by atoms with Crippen LogP contribution in [0.5, 0.6) is 0 Å². The van der Waals surface area contributed by atoms with Crippen LogP contribution in [-0.2, 0) is 4.79 Å². The van der Waals surface area contributed by atoms with Crippen LogP contribution in [-0.4, -0.2) is 39.6 Å². The summed E-state index contributed by atoms with van der Waals surface area (Å²) in [4.78, 5) is 39.9. The lowest BCUT2D eigenvalue weighted by Gasteiger charge is -2.09. The smallest absolute Gasteiger partial charge is 0.271 e. The largest absolute Gasteiger partial charge is 0.382 e. The van der Waals surface area contributed by atoms with E-state index < -0.39 is 4.92 Å². The number of aryl methyl sites for hydroxylation is 1. The van der Waals surface area contributed by atoms with E-state index in [0.717, 1.165) is 11.8 Å². The lowest BCUT2D eigenvalue weighted by atomic mass is 10.3. The number of rotatable bonds is 8. The highest BCUT2D eigenvalue weighted by atomic mass is 35.5. The third kappa shape index (κ3) is 6.05. The van der Waals surface area contributed by atoms with Crippen molar-refractivity contribution in [3.63, 3.8) is 0 Å². The van der Waals surface area contributed by atoms with Crippen molar-refractivity contribution in [1.82, 2.24) is 15.3 Å². The van der Waals surface area contributed by atoms with Crippen LogP contribution in [0.4, 0.5) is 11.4 Å². The summed E-state index contributed by atoms with van der Waals surface area (Å²) in [6.45, 7) is 2.44. The topological polar surface area (TPSA) is 130 Å². The first-order valence-electron chi connectivity index (χ1n) is 7.50. The van der Waals surface area contributed by atoms with Crippen molar-refractivity contribution in [2.75, 3.05) is 24.2 Å². The van der Waals surface area contributed by atoms with Crippen molar-refractivity contribution >= 4 is 40.6 Å². The number of carbonyl (C=O) groups excluding carboxylic acids is 1. The van der Waals surface area contributed by atoms with Crippen molar-refractivity contribution < 1.29 is 9.72 Å². The highest BCUT2D eigenvalue weighted by Gasteiger charge is 2.09. The molecule has 11 heteroatoms. The number of nitrogens with one attached hydrogen (secondary N) is 3. The van der Waals surface area contributed by atoms with Gasteiger partial charge in [0.05, 0.1) is 21.4 Å². The Labute approximate surface area is 157 Å². The molecule has 138 valence electrons. The molecule has 2 aromatic rings. The molecule has 2 rings (SSSR count). The molecule has 0 bridgehead atoms. The van der Waals surface area contributed by atoms with Crippen LogP contribution in [0.15, 0.2) is 34.2 Å². The van der Waals surface area contributed by atoms with Crippen LogP contribution in [0, 0.1) is 17.0 Å². The van der Waals surface area contributed by atoms with E-state index >= 15 is 0 Å². The maximum atomic E-state index is 11.8. The molecule has 0 aliphatic heterocycles. The lowest BCUT2D eigenvalue weighted by Crippen LogP contribution is -2.30. The number of hydrogen-bond acceptors (Lipinski definition) is 7. The molecule has 0 aliphatic rings. The molecule has 3 N–H and O–H groups in total. The Hall–Kier alpha value is -2.59. The molecule has 9 nitrogen and oxygen atoms in total. The number of nitro benzene ring substituents is 1. The number of anilines is 1.